The maximum Gasteiger partial charge on any atom is 0.407 e. The van der Waals surface area contributed by atoms with E-state index in [1.807, 2.05) is 0 Å². The Labute approximate surface area is 106 Å². The number of methoxy groups -OCH3 is 1. The Bertz CT molecular complexity index is 367. The first-order valence-electron chi connectivity index (χ1n) is 5.75. The zero-order valence-corrected chi connectivity index (χ0v) is 11.0. The number of nitrogens with one attached hydrogen (secondary N) is 1. The second-order valence-corrected chi connectivity index (χ2v) is 5.48. The summed E-state index contributed by atoms with van der Waals surface area (Å²) in [6.45, 7) is 1.94. The lowest BCUT2D eigenvalue weighted by molar-refractivity contribution is 0.150. The average Bonchev–Trinajstić information content (AvgIpc) is 2.81. The molecular weight excluding hydrogens is 236 g/mol. The Balaban J connectivity index is 1.99. The number of likely N-dealkylation sites (tertiary alicyclic amines) is 1. The number of rotatable bonds is 2. The van der Waals surface area contributed by atoms with Gasteiger partial charge in [0.25, 0.3) is 0 Å². The van der Waals surface area contributed by atoms with Gasteiger partial charge in [-0.15, -0.1) is 11.3 Å². The van der Waals surface area contributed by atoms with E-state index in [1.54, 1.807) is 11.3 Å². The molecule has 0 aromatic carbocycles. The standard InChI is InChI=1S/C12H18N2O2S/c1-14-7-9(11-4-3-5-17-11)6-10(8-14)13-12(15)16-2/h3-5,9-10H,6-8H2,1-2H3,(H,13,15). The fourth-order valence-electron chi connectivity index (χ4n) is 2.38. The van der Waals surface area contributed by atoms with Crippen molar-refractivity contribution < 1.29 is 9.53 Å². The fraction of sp³-hybridized carbons (Fsp3) is 0.583. The molecule has 0 bridgehead atoms. The summed E-state index contributed by atoms with van der Waals surface area (Å²) >= 11 is 1.79. The third kappa shape index (κ3) is 3.20. The highest BCUT2D eigenvalue weighted by molar-refractivity contribution is 7.10. The van der Waals surface area contributed by atoms with E-state index < -0.39 is 0 Å². The van der Waals surface area contributed by atoms with Gasteiger partial charge in [-0.25, -0.2) is 4.79 Å². The number of likely N-dealkylation sites (N-methyl/N-ethyl adjacent to an activating group) is 1. The van der Waals surface area contributed by atoms with Gasteiger partial charge in [-0.2, -0.15) is 0 Å². The molecular formula is C12H18N2O2S. The molecule has 1 aliphatic rings. The van der Waals surface area contributed by atoms with Crippen LogP contribution in [-0.2, 0) is 4.74 Å². The van der Waals surface area contributed by atoms with Crippen LogP contribution in [0.15, 0.2) is 17.5 Å². The minimum Gasteiger partial charge on any atom is -0.453 e. The molecule has 2 rings (SSSR count). The van der Waals surface area contributed by atoms with Crippen molar-refractivity contribution in [2.24, 2.45) is 0 Å². The lowest BCUT2D eigenvalue weighted by Crippen LogP contribution is -2.48. The molecule has 1 saturated heterocycles. The molecule has 2 unspecified atom stereocenters. The highest BCUT2D eigenvalue weighted by Gasteiger charge is 2.27. The van der Waals surface area contributed by atoms with E-state index in [4.69, 9.17) is 0 Å². The van der Waals surface area contributed by atoms with E-state index in [0.717, 1.165) is 19.5 Å². The van der Waals surface area contributed by atoms with Crippen molar-refractivity contribution in [2.45, 2.75) is 18.4 Å². The SMILES string of the molecule is COC(=O)NC1CC(c2cccs2)CN(C)C1. The lowest BCUT2D eigenvalue weighted by atomic mass is 9.93. The Morgan fingerprint density at radius 2 is 2.41 bits per heavy atom. The Morgan fingerprint density at radius 3 is 3.06 bits per heavy atom. The van der Waals surface area contributed by atoms with Crippen LogP contribution in [-0.4, -0.2) is 44.3 Å². The average molecular weight is 254 g/mol. The molecule has 2 atom stereocenters. The first-order chi connectivity index (χ1) is 8.19. The van der Waals surface area contributed by atoms with E-state index >= 15 is 0 Å². The van der Waals surface area contributed by atoms with E-state index in [9.17, 15) is 4.79 Å². The van der Waals surface area contributed by atoms with Crippen molar-refractivity contribution in [3.8, 4) is 0 Å². The monoisotopic (exact) mass is 254 g/mol. The van der Waals surface area contributed by atoms with Gasteiger partial charge in [-0.1, -0.05) is 6.07 Å². The fourth-order valence-corrected chi connectivity index (χ4v) is 3.21. The van der Waals surface area contributed by atoms with Gasteiger partial charge in [-0.3, -0.25) is 0 Å². The summed E-state index contributed by atoms with van der Waals surface area (Å²) in [7, 11) is 3.49. The molecule has 0 radical (unpaired) electrons. The minimum absolute atomic E-state index is 0.174. The van der Waals surface area contributed by atoms with Crippen molar-refractivity contribution in [1.29, 1.82) is 0 Å². The molecule has 1 N–H and O–H groups in total. The first kappa shape index (κ1) is 12.4. The highest BCUT2D eigenvalue weighted by Crippen LogP contribution is 2.29. The Morgan fingerprint density at radius 1 is 1.59 bits per heavy atom. The molecule has 1 aromatic heterocycles. The number of thiophene rings is 1. The van der Waals surface area contributed by atoms with Gasteiger partial charge < -0.3 is 15.0 Å². The molecule has 0 aliphatic carbocycles. The van der Waals surface area contributed by atoms with Crippen molar-refractivity contribution in [2.75, 3.05) is 27.2 Å². The molecule has 1 aromatic rings. The Hall–Kier alpha value is -1.07. The van der Waals surface area contributed by atoms with Crippen LogP contribution in [0.3, 0.4) is 0 Å². The van der Waals surface area contributed by atoms with Crippen molar-refractivity contribution in [1.82, 2.24) is 10.2 Å². The summed E-state index contributed by atoms with van der Waals surface area (Å²) in [4.78, 5) is 14.9. The second kappa shape index (κ2) is 5.51. The van der Waals surface area contributed by atoms with Crippen molar-refractivity contribution in [3.05, 3.63) is 22.4 Å². The number of ether oxygens (including phenoxy) is 1. The van der Waals surface area contributed by atoms with Gasteiger partial charge in [-0.05, 0) is 24.9 Å². The summed E-state index contributed by atoms with van der Waals surface area (Å²) in [5.74, 6) is 0.510. The molecule has 0 spiro atoms. The summed E-state index contributed by atoms with van der Waals surface area (Å²) in [5.41, 5.74) is 0. The van der Waals surface area contributed by atoms with Gasteiger partial charge >= 0.3 is 6.09 Å². The molecule has 0 saturated carbocycles. The van der Waals surface area contributed by atoms with Gasteiger partial charge in [0.2, 0.25) is 0 Å². The minimum atomic E-state index is -0.338. The van der Waals surface area contributed by atoms with E-state index in [0.29, 0.717) is 5.92 Å². The molecule has 94 valence electrons. The number of piperidine rings is 1. The first-order valence-corrected chi connectivity index (χ1v) is 6.63. The number of alkyl carbamates (subject to hydrolysis) is 1. The van der Waals surface area contributed by atoms with Crippen LogP contribution in [0.4, 0.5) is 4.79 Å². The zero-order chi connectivity index (χ0) is 12.3. The van der Waals surface area contributed by atoms with Crippen molar-refractivity contribution in [3.63, 3.8) is 0 Å². The number of nitrogens with zero attached hydrogens (tertiary/aromatic N) is 1. The summed E-state index contributed by atoms with van der Waals surface area (Å²) in [6.07, 6.45) is 0.648. The molecule has 1 aliphatic heterocycles. The number of hydrogen-bond donors (Lipinski definition) is 1. The van der Waals surface area contributed by atoms with Crippen LogP contribution < -0.4 is 5.32 Å². The molecule has 5 heteroatoms. The van der Waals surface area contributed by atoms with Crippen molar-refractivity contribution >= 4 is 17.4 Å². The molecule has 2 heterocycles. The lowest BCUT2D eigenvalue weighted by Gasteiger charge is -2.35. The van der Waals surface area contributed by atoms with Gasteiger partial charge in [0.05, 0.1) is 7.11 Å². The quantitative estimate of drug-likeness (QED) is 0.876. The number of hydrogen-bond acceptors (Lipinski definition) is 4. The van der Waals surface area contributed by atoms with Crippen LogP contribution >= 0.6 is 11.3 Å². The zero-order valence-electron chi connectivity index (χ0n) is 10.2. The van der Waals surface area contributed by atoms with E-state index in [2.05, 4.69) is 39.5 Å². The van der Waals surface area contributed by atoms with E-state index in [-0.39, 0.29) is 12.1 Å². The van der Waals surface area contributed by atoms with Gasteiger partial charge in [0.1, 0.15) is 0 Å². The number of carbonyl (C=O) groups is 1. The molecule has 17 heavy (non-hydrogen) atoms. The van der Waals surface area contributed by atoms with E-state index in [1.165, 1.54) is 12.0 Å². The number of amides is 1. The Kier molecular flexibility index (Phi) is 4.02. The molecule has 4 nitrogen and oxygen atoms in total. The second-order valence-electron chi connectivity index (χ2n) is 4.50. The van der Waals surface area contributed by atoms with Crippen LogP contribution in [0.25, 0.3) is 0 Å². The number of carbonyl (C=O) groups excluding carboxylic acids is 1. The largest absolute Gasteiger partial charge is 0.453 e. The highest BCUT2D eigenvalue weighted by atomic mass is 32.1. The predicted molar refractivity (Wildman–Crippen MR) is 68.5 cm³/mol. The third-order valence-electron chi connectivity index (χ3n) is 3.09. The maximum absolute atomic E-state index is 11.2. The summed E-state index contributed by atoms with van der Waals surface area (Å²) < 4.78 is 4.65. The van der Waals surface area contributed by atoms with Crippen LogP contribution in [0.5, 0.6) is 0 Å². The normalized spacial score (nSPS) is 25.5. The summed E-state index contributed by atoms with van der Waals surface area (Å²) in [6, 6.07) is 4.43. The topological polar surface area (TPSA) is 41.6 Å². The maximum atomic E-state index is 11.2. The predicted octanol–water partition coefficient (Wildman–Crippen LogP) is 1.89. The summed E-state index contributed by atoms with van der Waals surface area (Å²) in [5, 5.41) is 5.00. The van der Waals surface area contributed by atoms with Crippen LogP contribution in [0.1, 0.15) is 17.2 Å². The van der Waals surface area contributed by atoms with Gasteiger partial charge in [0.15, 0.2) is 0 Å². The molecule has 1 amide bonds. The van der Waals surface area contributed by atoms with Crippen LogP contribution in [0, 0.1) is 0 Å². The smallest absolute Gasteiger partial charge is 0.407 e. The third-order valence-corrected chi connectivity index (χ3v) is 4.12. The van der Waals surface area contributed by atoms with Gasteiger partial charge in [0, 0.05) is 29.9 Å². The molecule has 1 fully saturated rings. The van der Waals surface area contributed by atoms with Crippen LogP contribution in [0.2, 0.25) is 0 Å².